The molecule has 1 aromatic carbocycles. The van der Waals surface area contributed by atoms with Gasteiger partial charge in [0.1, 0.15) is 6.20 Å². The van der Waals surface area contributed by atoms with E-state index in [2.05, 4.69) is 10.3 Å². The van der Waals surface area contributed by atoms with Crippen LogP contribution in [-0.4, -0.2) is 21.9 Å². The molecule has 1 atom stereocenters. The van der Waals surface area contributed by atoms with Crippen LogP contribution in [-0.2, 0) is 4.79 Å². The Kier molecular flexibility index (Phi) is 4.90. The number of hydrogen-bond acceptors (Lipinski definition) is 5. The van der Waals surface area contributed by atoms with Crippen molar-refractivity contribution in [2.75, 3.05) is 5.32 Å². The van der Waals surface area contributed by atoms with E-state index >= 15 is 0 Å². The number of rotatable bonds is 5. The topological polar surface area (TPSA) is 94.4 Å². The maximum Gasteiger partial charge on any atom is 0.406 e. The lowest BCUT2D eigenvalue weighted by molar-refractivity contribution is -0.390. The minimum atomic E-state index is -0.943. The number of halogens is 1. The van der Waals surface area contributed by atoms with Crippen LogP contribution in [0.4, 0.5) is 11.5 Å². The molecule has 114 valence electrons. The predicted molar refractivity (Wildman–Crippen MR) is 81.1 cm³/mol. The Balaban J connectivity index is 2.07. The summed E-state index contributed by atoms with van der Waals surface area (Å²) in [4.78, 5) is 25.8. The summed E-state index contributed by atoms with van der Waals surface area (Å²) >= 11 is 5.83. The average Bonchev–Trinajstić information content (AvgIpc) is 2.47. The van der Waals surface area contributed by atoms with Gasteiger partial charge in [-0.25, -0.2) is 0 Å². The largest absolute Gasteiger partial charge is 0.473 e. The van der Waals surface area contributed by atoms with Crippen LogP contribution >= 0.6 is 11.6 Å². The van der Waals surface area contributed by atoms with Crippen molar-refractivity contribution < 1.29 is 14.5 Å². The highest BCUT2D eigenvalue weighted by Crippen LogP contribution is 2.24. The number of benzene rings is 1. The van der Waals surface area contributed by atoms with E-state index in [1.807, 2.05) is 0 Å². The molecule has 2 aromatic rings. The number of ether oxygens (including phenoxy) is 1. The van der Waals surface area contributed by atoms with Crippen molar-refractivity contribution in [3.8, 4) is 5.75 Å². The smallest absolute Gasteiger partial charge is 0.406 e. The fourth-order valence-corrected chi connectivity index (χ4v) is 1.86. The molecule has 0 aliphatic heterocycles. The monoisotopic (exact) mass is 321 g/mol. The van der Waals surface area contributed by atoms with Crippen LogP contribution in [0.25, 0.3) is 0 Å². The molecule has 22 heavy (non-hydrogen) atoms. The summed E-state index contributed by atoms with van der Waals surface area (Å²) in [7, 11) is 0. The number of pyridine rings is 1. The minimum Gasteiger partial charge on any atom is -0.473 e. The lowest BCUT2D eigenvalue weighted by atomic mass is 10.3. The van der Waals surface area contributed by atoms with Gasteiger partial charge < -0.3 is 20.2 Å². The molecule has 7 nitrogen and oxygen atoms in total. The number of nitro groups is 1. The van der Waals surface area contributed by atoms with E-state index in [-0.39, 0.29) is 5.75 Å². The van der Waals surface area contributed by atoms with Crippen LogP contribution in [0.15, 0.2) is 42.6 Å². The first kappa shape index (κ1) is 15.7. The first-order valence-corrected chi connectivity index (χ1v) is 6.67. The van der Waals surface area contributed by atoms with Gasteiger partial charge in [0, 0.05) is 10.7 Å². The van der Waals surface area contributed by atoms with E-state index in [0.717, 1.165) is 0 Å². The normalized spacial score (nSPS) is 11.5. The van der Waals surface area contributed by atoms with Gasteiger partial charge in [-0.2, -0.15) is 0 Å². The molecule has 1 unspecified atom stereocenters. The lowest BCUT2D eigenvalue weighted by Gasteiger charge is -2.14. The molecular weight excluding hydrogens is 310 g/mol. The molecule has 0 aliphatic rings. The van der Waals surface area contributed by atoms with E-state index < -0.39 is 22.8 Å². The van der Waals surface area contributed by atoms with Gasteiger partial charge >= 0.3 is 5.82 Å². The fraction of sp³-hybridized carbons (Fsp3) is 0.143. The fourth-order valence-electron chi connectivity index (χ4n) is 1.67. The summed E-state index contributed by atoms with van der Waals surface area (Å²) in [6, 6.07) is 9.49. The van der Waals surface area contributed by atoms with Gasteiger partial charge in [-0.1, -0.05) is 17.7 Å². The van der Waals surface area contributed by atoms with Crippen molar-refractivity contribution in [2.24, 2.45) is 0 Å². The van der Waals surface area contributed by atoms with E-state index in [1.165, 1.54) is 25.3 Å². The summed E-state index contributed by atoms with van der Waals surface area (Å²) in [5, 5.41) is 13.9. The van der Waals surface area contributed by atoms with Crippen molar-refractivity contribution in [2.45, 2.75) is 13.0 Å². The van der Waals surface area contributed by atoms with E-state index in [9.17, 15) is 14.9 Å². The molecule has 0 fully saturated rings. The second-order valence-corrected chi connectivity index (χ2v) is 4.78. The Morgan fingerprint density at radius 3 is 2.86 bits per heavy atom. The second kappa shape index (κ2) is 6.86. The van der Waals surface area contributed by atoms with Crippen LogP contribution in [0.5, 0.6) is 5.75 Å². The van der Waals surface area contributed by atoms with Gasteiger partial charge in [-0.15, -0.1) is 0 Å². The van der Waals surface area contributed by atoms with Crippen molar-refractivity contribution in [3.05, 3.63) is 57.7 Å². The third-order valence-corrected chi connectivity index (χ3v) is 2.92. The van der Waals surface area contributed by atoms with Crippen LogP contribution in [0.2, 0.25) is 5.02 Å². The minimum absolute atomic E-state index is 0.0683. The van der Waals surface area contributed by atoms with Gasteiger partial charge in [0.05, 0.1) is 0 Å². The number of carbonyl (C=O) groups excluding carboxylic acids is 1. The zero-order valence-electron chi connectivity index (χ0n) is 11.5. The molecule has 0 aliphatic carbocycles. The molecule has 2 rings (SSSR count). The summed E-state index contributed by atoms with van der Waals surface area (Å²) in [6.07, 6.45) is 0.337. The number of nitrogens with one attached hydrogen (secondary N) is 1. The molecule has 8 heteroatoms. The highest BCUT2D eigenvalue weighted by molar-refractivity contribution is 6.30. The number of hydrogen-bond donors (Lipinski definition) is 1. The first-order chi connectivity index (χ1) is 10.5. The molecule has 1 heterocycles. The highest BCUT2D eigenvalue weighted by atomic mass is 35.5. The lowest BCUT2D eigenvalue weighted by Crippen LogP contribution is -2.30. The number of amides is 1. The first-order valence-electron chi connectivity index (χ1n) is 6.30. The SMILES string of the molecule is CC(Oc1cccnc1[N+](=O)[O-])C(=O)Nc1cccc(Cl)c1. The maximum absolute atomic E-state index is 12.0. The third kappa shape index (κ3) is 3.92. The molecular formula is C14H12ClN3O4. The van der Waals surface area contributed by atoms with E-state index in [0.29, 0.717) is 10.7 Å². The average molecular weight is 322 g/mol. The summed E-state index contributed by atoms with van der Waals surface area (Å²) < 4.78 is 5.32. The second-order valence-electron chi connectivity index (χ2n) is 4.34. The predicted octanol–water partition coefficient (Wildman–Crippen LogP) is 3.05. The van der Waals surface area contributed by atoms with Crippen molar-refractivity contribution in [1.82, 2.24) is 4.98 Å². The van der Waals surface area contributed by atoms with Gasteiger partial charge in [-0.3, -0.25) is 4.79 Å². The number of nitrogens with zero attached hydrogens (tertiary/aromatic N) is 2. The maximum atomic E-state index is 12.0. The summed E-state index contributed by atoms with van der Waals surface area (Å²) in [5.74, 6) is -0.966. The van der Waals surface area contributed by atoms with Gasteiger partial charge in [0.15, 0.2) is 6.10 Å². The Morgan fingerprint density at radius 1 is 1.41 bits per heavy atom. The zero-order valence-corrected chi connectivity index (χ0v) is 12.3. The molecule has 1 amide bonds. The molecule has 0 radical (unpaired) electrons. The van der Waals surface area contributed by atoms with E-state index in [4.69, 9.17) is 16.3 Å². The van der Waals surface area contributed by atoms with Crippen LogP contribution in [0.1, 0.15) is 6.92 Å². The number of anilines is 1. The highest BCUT2D eigenvalue weighted by Gasteiger charge is 2.21. The Hall–Kier alpha value is -2.67. The molecule has 0 spiro atoms. The Morgan fingerprint density at radius 2 is 2.18 bits per heavy atom. The standard InChI is InChI=1S/C14H12ClN3O4/c1-9(14(19)17-11-5-2-4-10(15)8-11)22-12-6-3-7-16-13(12)18(20)21/h2-9H,1H3,(H,17,19). The van der Waals surface area contributed by atoms with Crippen molar-refractivity contribution in [1.29, 1.82) is 0 Å². The van der Waals surface area contributed by atoms with Gasteiger partial charge in [-0.05, 0) is 47.2 Å². The van der Waals surface area contributed by atoms with E-state index in [1.54, 1.807) is 24.3 Å². The molecule has 0 saturated heterocycles. The quantitative estimate of drug-likeness (QED) is 0.674. The molecule has 0 bridgehead atoms. The Bertz CT molecular complexity index is 708. The number of aromatic nitrogens is 1. The van der Waals surface area contributed by atoms with Crippen LogP contribution < -0.4 is 10.1 Å². The van der Waals surface area contributed by atoms with Gasteiger partial charge in [0.25, 0.3) is 5.91 Å². The number of carbonyl (C=O) groups is 1. The van der Waals surface area contributed by atoms with Crippen LogP contribution in [0, 0.1) is 10.1 Å². The third-order valence-electron chi connectivity index (χ3n) is 2.69. The van der Waals surface area contributed by atoms with Crippen molar-refractivity contribution in [3.63, 3.8) is 0 Å². The molecule has 0 saturated carbocycles. The summed E-state index contributed by atoms with van der Waals surface area (Å²) in [5.41, 5.74) is 0.508. The molecule has 1 aromatic heterocycles. The van der Waals surface area contributed by atoms with Crippen LogP contribution in [0.3, 0.4) is 0 Å². The zero-order chi connectivity index (χ0) is 16.1. The summed E-state index contributed by atoms with van der Waals surface area (Å²) in [6.45, 7) is 1.48. The molecule has 1 N–H and O–H groups in total. The van der Waals surface area contributed by atoms with Crippen molar-refractivity contribution >= 4 is 29.0 Å². The Labute approximate surface area is 131 Å². The van der Waals surface area contributed by atoms with Gasteiger partial charge in [0.2, 0.25) is 5.75 Å².